The van der Waals surface area contributed by atoms with E-state index < -0.39 is 0 Å². The lowest BCUT2D eigenvalue weighted by molar-refractivity contribution is -0.144. The quantitative estimate of drug-likeness (QED) is 0.613. The number of hydrogen-bond acceptors (Lipinski definition) is 4. The molecule has 0 heterocycles. The molecule has 0 saturated heterocycles. The third-order valence-electron chi connectivity index (χ3n) is 2.26. The highest BCUT2D eigenvalue weighted by molar-refractivity contribution is 5.75. The minimum Gasteiger partial charge on any atom is -0.465 e. The van der Waals surface area contributed by atoms with Crippen LogP contribution in [0.1, 0.15) is 26.7 Å². The van der Waals surface area contributed by atoms with Gasteiger partial charge in [0.05, 0.1) is 13.2 Å². The Morgan fingerprint density at radius 3 is 2.50 bits per heavy atom. The second kappa shape index (κ2) is 9.15. The maximum atomic E-state index is 11.2. The monoisotopic (exact) mass is 230 g/mol. The number of carbonyl (C=O) groups is 2. The number of amides is 1. The molecule has 0 aliphatic heterocycles. The van der Waals surface area contributed by atoms with Crippen LogP contribution in [0, 0.1) is 0 Å². The van der Waals surface area contributed by atoms with E-state index in [1.807, 2.05) is 11.8 Å². The van der Waals surface area contributed by atoms with E-state index in [1.54, 1.807) is 14.0 Å². The van der Waals surface area contributed by atoms with Gasteiger partial charge in [0.25, 0.3) is 0 Å². The molecule has 0 saturated carbocycles. The number of ether oxygens (including phenoxy) is 1. The summed E-state index contributed by atoms with van der Waals surface area (Å²) in [5, 5.41) is 2.57. The van der Waals surface area contributed by atoms with Crippen LogP contribution in [-0.2, 0) is 14.3 Å². The molecule has 0 radical (unpaired) electrons. The van der Waals surface area contributed by atoms with Gasteiger partial charge >= 0.3 is 5.97 Å². The van der Waals surface area contributed by atoms with Crippen molar-refractivity contribution in [1.82, 2.24) is 10.2 Å². The van der Waals surface area contributed by atoms with E-state index in [1.165, 1.54) is 0 Å². The van der Waals surface area contributed by atoms with E-state index in [2.05, 4.69) is 5.32 Å². The predicted molar refractivity (Wildman–Crippen MR) is 62.0 cm³/mol. The summed E-state index contributed by atoms with van der Waals surface area (Å²) in [6, 6.07) is 0. The number of nitrogens with one attached hydrogen (secondary N) is 1. The fourth-order valence-corrected chi connectivity index (χ4v) is 1.33. The number of likely N-dealkylation sites (N-methyl/N-ethyl adjacent to an activating group) is 1. The van der Waals surface area contributed by atoms with Crippen molar-refractivity contribution in [2.24, 2.45) is 0 Å². The molecule has 1 N–H and O–H groups in total. The van der Waals surface area contributed by atoms with Crippen LogP contribution in [0.3, 0.4) is 0 Å². The predicted octanol–water partition coefficient (Wildman–Crippen LogP) is 0.398. The van der Waals surface area contributed by atoms with Gasteiger partial charge in [-0.2, -0.15) is 0 Å². The number of rotatable bonds is 8. The highest BCUT2D eigenvalue weighted by Crippen LogP contribution is 1.96. The van der Waals surface area contributed by atoms with Gasteiger partial charge in [0.1, 0.15) is 0 Å². The number of nitrogens with zero attached hydrogens (tertiary/aromatic N) is 1. The Morgan fingerprint density at radius 2 is 2.00 bits per heavy atom. The first kappa shape index (κ1) is 14.9. The lowest BCUT2D eigenvalue weighted by atomic mass is 10.2. The van der Waals surface area contributed by atoms with Crippen molar-refractivity contribution in [3.8, 4) is 0 Å². The molecule has 0 fully saturated rings. The average Bonchev–Trinajstić information content (AvgIpc) is 2.27. The smallest absolute Gasteiger partial charge is 0.320 e. The summed E-state index contributed by atoms with van der Waals surface area (Å²) in [5.74, 6) is -0.170. The Morgan fingerprint density at radius 1 is 1.31 bits per heavy atom. The molecule has 1 amide bonds. The summed E-state index contributed by atoms with van der Waals surface area (Å²) < 4.78 is 4.86. The molecule has 94 valence electrons. The molecule has 0 unspecified atom stereocenters. The van der Waals surface area contributed by atoms with Crippen molar-refractivity contribution in [3.63, 3.8) is 0 Å². The lowest BCUT2D eigenvalue weighted by Crippen LogP contribution is -2.32. The third kappa shape index (κ3) is 7.23. The van der Waals surface area contributed by atoms with Gasteiger partial charge in [-0.25, -0.2) is 0 Å². The Labute approximate surface area is 97.1 Å². The van der Waals surface area contributed by atoms with E-state index >= 15 is 0 Å². The van der Waals surface area contributed by atoms with Gasteiger partial charge in [-0.15, -0.1) is 0 Å². The minimum absolute atomic E-state index is 0.0344. The third-order valence-corrected chi connectivity index (χ3v) is 2.26. The van der Waals surface area contributed by atoms with E-state index in [0.717, 1.165) is 19.5 Å². The van der Waals surface area contributed by atoms with Crippen LogP contribution in [0.25, 0.3) is 0 Å². The fraction of sp³-hybridized carbons (Fsp3) is 0.818. The zero-order valence-corrected chi connectivity index (χ0v) is 10.4. The Hall–Kier alpha value is -1.10. The summed E-state index contributed by atoms with van der Waals surface area (Å²) >= 11 is 0. The van der Waals surface area contributed by atoms with Gasteiger partial charge in [-0.3, -0.25) is 14.5 Å². The van der Waals surface area contributed by atoms with E-state index in [0.29, 0.717) is 19.6 Å². The normalized spacial score (nSPS) is 10.2. The van der Waals surface area contributed by atoms with Gasteiger partial charge < -0.3 is 10.1 Å². The maximum absolute atomic E-state index is 11.2. The molecular formula is C11H22N2O3. The molecule has 0 aromatic heterocycles. The fourth-order valence-electron chi connectivity index (χ4n) is 1.33. The molecule has 0 aliphatic carbocycles. The topological polar surface area (TPSA) is 58.6 Å². The summed E-state index contributed by atoms with van der Waals surface area (Å²) in [5.41, 5.74) is 0. The largest absolute Gasteiger partial charge is 0.465 e. The van der Waals surface area contributed by atoms with Crippen molar-refractivity contribution in [1.29, 1.82) is 0 Å². The van der Waals surface area contributed by atoms with E-state index in [9.17, 15) is 9.59 Å². The molecule has 16 heavy (non-hydrogen) atoms. The van der Waals surface area contributed by atoms with Gasteiger partial charge in [0, 0.05) is 13.5 Å². The molecule has 0 aromatic carbocycles. The van der Waals surface area contributed by atoms with Gasteiger partial charge in [0.15, 0.2) is 0 Å². The van der Waals surface area contributed by atoms with E-state index in [-0.39, 0.29) is 11.9 Å². The Balaban J connectivity index is 3.74. The van der Waals surface area contributed by atoms with Crippen LogP contribution in [0.4, 0.5) is 0 Å². The highest BCUT2D eigenvalue weighted by Gasteiger charge is 2.09. The van der Waals surface area contributed by atoms with Crippen molar-refractivity contribution in [2.45, 2.75) is 26.7 Å². The van der Waals surface area contributed by atoms with Crippen molar-refractivity contribution in [3.05, 3.63) is 0 Å². The molecule has 0 aliphatic rings. The Bertz CT molecular complexity index is 219. The van der Waals surface area contributed by atoms with Crippen LogP contribution >= 0.6 is 0 Å². The average molecular weight is 230 g/mol. The van der Waals surface area contributed by atoms with Crippen molar-refractivity contribution >= 4 is 11.9 Å². The van der Waals surface area contributed by atoms with Gasteiger partial charge in [-0.05, 0) is 26.4 Å². The van der Waals surface area contributed by atoms with Gasteiger partial charge in [-0.1, -0.05) is 6.92 Å². The SMILES string of the molecule is CCOC(=O)CN(CC)CCCC(=O)NC. The van der Waals surface area contributed by atoms with Crippen molar-refractivity contribution < 1.29 is 14.3 Å². The highest BCUT2D eigenvalue weighted by atomic mass is 16.5. The van der Waals surface area contributed by atoms with Crippen LogP contribution < -0.4 is 5.32 Å². The van der Waals surface area contributed by atoms with Crippen molar-refractivity contribution in [2.75, 3.05) is 33.3 Å². The summed E-state index contributed by atoms with van der Waals surface area (Å²) in [6.07, 6.45) is 1.25. The standard InChI is InChI=1S/C11H22N2O3/c1-4-13(9-11(15)16-5-2)8-6-7-10(14)12-3/h4-9H2,1-3H3,(H,12,14). The molecule has 0 spiro atoms. The molecule has 0 rings (SSSR count). The molecule has 0 aromatic rings. The van der Waals surface area contributed by atoms with E-state index in [4.69, 9.17) is 4.74 Å². The second-order valence-electron chi connectivity index (χ2n) is 3.45. The minimum atomic E-state index is -0.204. The number of hydrogen-bond donors (Lipinski definition) is 1. The van der Waals surface area contributed by atoms with Crippen LogP contribution in [0.15, 0.2) is 0 Å². The summed E-state index contributed by atoms with van der Waals surface area (Å²) in [7, 11) is 1.62. The molecule has 5 heteroatoms. The summed E-state index contributed by atoms with van der Waals surface area (Å²) in [4.78, 5) is 24.2. The maximum Gasteiger partial charge on any atom is 0.320 e. The molecule has 0 atom stereocenters. The first-order valence-corrected chi connectivity index (χ1v) is 5.72. The number of esters is 1. The Kier molecular flexibility index (Phi) is 8.52. The molecule has 0 bridgehead atoms. The summed E-state index contributed by atoms with van der Waals surface area (Å²) in [6.45, 7) is 6.01. The molecular weight excluding hydrogens is 208 g/mol. The first-order valence-electron chi connectivity index (χ1n) is 5.72. The zero-order valence-electron chi connectivity index (χ0n) is 10.4. The lowest BCUT2D eigenvalue weighted by Gasteiger charge is -2.18. The molecule has 5 nitrogen and oxygen atoms in total. The first-order chi connectivity index (χ1) is 7.63. The van der Waals surface area contributed by atoms with Crippen LogP contribution in [-0.4, -0.2) is 50.1 Å². The number of carbonyl (C=O) groups excluding carboxylic acids is 2. The second-order valence-corrected chi connectivity index (χ2v) is 3.45. The zero-order chi connectivity index (χ0) is 12.4. The van der Waals surface area contributed by atoms with Crippen LogP contribution in [0.5, 0.6) is 0 Å². The van der Waals surface area contributed by atoms with Crippen LogP contribution in [0.2, 0.25) is 0 Å². The van der Waals surface area contributed by atoms with Gasteiger partial charge in [0.2, 0.25) is 5.91 Å².